The Morgan fingerprint density at radius 2 is 1.54 bits per heavy atom. The largest absolute Gasteiger partial charge is 0.416 e. The third-order valence-corrected chi connectivity index (χ3v) is 7.37. The summed E-state index contributed by atoms with van der Waals surface area (Å²) in [5.41, 5.74) is -1.90. The Morgan fingerprint density at radius 3 is 2.15 bits per heavy atom. The standard InChI is InChI=1S/C25H24F8IN3O2/c1-34-25(32,33)20-11-17(10-19(12-20)24(29,30)31)13-35-22(38)14-37-7-5-21(6-8-37)36-39-15-16-3-2-4-18(9-16)23(26,27)28/h2-4,9-12H,1,5-8,13-15H2,(H,35,38). The van der Waals surface area contributed by atoms with E-state index in [0.717, 1.165) is 24.3 Å². The molecule has 0 spiro atoms. The fourth-order valence-corrected chi connectivity index (χ4v) is 4.51. The molecule has 0 bridgehead atoms. The highest BCUT2D eigenvalue weighted by atomic mass is 127. The number of piperidine rings is 1. The number of carbonyl (C=O) groups excluding carboxylic acids is 1. The van der Waals surface area contributed by atoms with E-state index in [-0.39, 0.29) is 25.3 Å². The molecule has 2 aromatic carbocycles. The van der Waals surface area contributed by atoms with E-state index < -0.39 is 59.6 Å². The van der Waals surface area contributed by atoms with Gasteiger partial charge in [0.05, 0.1) is 23.4 Å². The van der Waals surface area contributed by atoms with Gasteiger partial charge in [0.2, 0.25) is 5.91 Å². The number of rotatable bonds is 9. The molecule has 0 unspecified atom stereocenters. The van der Waals surface area contributed by atoms with E-state index in [1.54, 1.807) is 4.90 Å². The van der Waals surface area contributed by atoms with Crippen molar-refractivity contribution < 1.29 is 44.8 Å². The van der Waals surface area contributed by atoms with Crippen LogP contribution in [-0.4, -0.2) is 40.7 Å². The predicted molar refractivity (Wildman–Crippen MR) is 138 cm³/mol. The number of carbonyl (C=O) groups is 1. The zero-order valence-electron chi connectivity index (χ0n) is 20.3. The number of nitrogens with one attached hydrogen (secondary N) is 1. The Kier molecular flexibility index (Phi) is 10.1. The molecule has 0 atom stereocenters. The van der Waals surface area contributed by atoms with E-state index >= 15 is 0 Å². The summed E-state index contributed by atoms with van der Waals surface area (Å²) in [7, 11) is 0. The second kappa shape index (κ2) is 12.7. The fraction of sp³-hybridized carbons (Fsp3) is 0.400. The van der Waals surface area contributed by atoms with Crippen molar-refractivity contribution in [3.8, 4) is 0 Å². The Balaban J connectivity index is 1.48. The molecule has 39 heavy (non-hydrogen) atoms. The molecule has 1 aliphatic heterocycles. The van der Waals surface area contributed by atoms with E-state index in [1.165, 1.54) is 12.1 Å². The number of likely N-dealkylation sites (tertiary alicyclic amines) is 1. The van der Waals surface area contributed by atoms with Crippen LogP contribution in [0.4, 0.5) is 35.1 Å². The van der Waals surface area contributed by atoms with Crippen molar-refractivity contribution in [3.63, 3.8) is 0 Å². The van der Waals surface area contributed by atoms with Gasteiger partial charge in [0, 0.05) is 38.0 Å². The lowest BCUT2D eigenvalue weighted by atomic mass is 10.1. The third kappa shape index (κ3) is 9.22. The third-order valence-electron chi connectivity index (χ3n) is 5.78. The van der Waals surface area contributed by atoms with Crippen LogP contribution in [0.5, 0.6) is 0 Å². The number of hydrogen-bond acceptors (Lipinski definition) is 4. The van der Waals surface area contributed by atoms with Crippen molar-refractivity contribution in [2.24, 2.45) is 5.16 Å². The minimum atomic E-state index is -4.83. The molecule has 0 saturated carbocycles. The first-order valence-corrected chi connectivity index (χ1v) is 14.1. The topological polar surface area (TPSA) is 53.9 Å². The number of alkyl halides is 9. The van der Waals surface area contributed by atoms with Gasteiger partial charge in [-0.1, -0.05) is 21.8 Å². The van der Waals surface area contributed by atoms with Crippen molar-refractivity contribution in [1.82, 2.24) is 10.2 Å². The summed E-state index contributed by atoms with van der Waals surface area (Å²) in [5.74, 6) is -0.494. The molecule has 14 heteroatoms. The Morgan fingerprint density at radius 1 is 0.923 bits per heavy atom. The van der Waals surface area contributed by atoms with Gasteiger partial charge in [0.25, 0.3) is 0 Å². The highest BCUT2D eigenvalue weighted by molar-refractivity contribution is 14.2. The SMILES string of the molecule is C=IC(F)(F)c1cc(CNC(=O)CN2CCC(=NOCc3cccc(C(F)(F)F)c3)CC2)cc(C(F)(F)F)c1. The van der Waals surface area contributed by atoms with Crippen molar-refractivity contribution in [2.45, 2.75) is 42.3 Å². The lowest BCUT2D eigenvalue weighted by Gasteiger charge is -2.26. The van der Waals surface area contributed by atoms with Gasteiger partial charge in [-0.2, -0.15) is 35.1 Å². The molecule has 1 heterocycles. The lowest BCUT2D eigenvalue weighted by molar-refractivity contribution is -0.138. The second-order valence-corrected chi connectivity index (χ2v) is 10.8. The summed E-state index contributed by atoms with van der Waals surface area (Å²) in [4.78, 5) is 19.3. The van der Waals surface area contributed by atoms with Crippen LogP contribution in [0.2, 0.25) is 0 Å². The van der Waals surface area contributed by atoms with E-state index in [0.29, 0.717) is 43.3 Å². The van der Waals surface area contributed by atoms with Crippen LogP contribution in [0.25, 0.3) is 0 Å². The molecule has 1 N–H and O–H groups in total. The highest BCUT2D eigenvalue weighted by Crippen LogP contribution is 2.41. The second-order valence-electron chi connectivity index (χ2n) is 8.73. The molecule has 1 aliphatic rings. The molecule has 5 nitrogen and oxygen atoms in total. The van der Waals surface area contributed by atoms with Gasteiger partial charge >= 0.3 is 16.3 Å². The smallest absolute Gasteiger partial charge is 0.391 e. The molecular weight excluding hydrogens is 653 g/mol. The summed E-state index contributed by atoms with van der Waals surface area (Å²) in [6.45, 7) is 0.285. The molecular formula is C25H24F8IN3O2. The van der Waals surface area contributed by atoms with Crippen LogP contribution in [0.1, 0.15) is 40.7 Å². The summed E-state index contributed by atoms with van der Waals surface area (Å²) in [6, 6.07) is 6.80. The number of hydrogen-bond donors (Lipinski definition) is 1. The number of amides is 1. The Bertz CT molecular complexity index is 1200. The quantitative estimate of drug-likeness (QED) is 0.144. The van der Waals surface area contributed by atoms with Gasteiger partial charge in [-0.3, -0.25) is 9.69 Å². The van der Waals surface area contributed by atoms with Gasteiger partial charge in [-0.15, -0.1) is 0 Å². The minimum Gasteiger partial charge on any atom is -0.391 e. The first-order valence-electron chi connectivity index (χ1n) is 11.5. The summed E-state index contributed by atoms with van der Waals surface area (Å²) >= 11 is -1.95. The predicted octanol–water partition coefficient (Wildman–Crippen LogP) is 6.46. The lowest BCUT2D eigenvalue weighted by Crippen LogP contribution is -2.41. The van der Waals surface area contributed by atoms with Crippen molar-refractivity contribution in [1.29, 1.82) is 0 Å². The molecule has 214 valence electrons. The van der Waals surface area contributed by atoms with Gasteiger partial charge in [0.15, 0.2) is 0 Å². The summed E-state index contributed by atoms with van der Waals surface area (Å²) < 4.78 is 106. The molecule has 1 fully saturated rings. The molecule has 3 rings (SSSR count). The fourth-order valence-electron chi connectivity index (χ4n) is 3.75. The van der Waals surface area contributed by atoms with Gasteiger partial charge in [0.1, 0.15) is 6.61 Å². The molecule has 0 aliphatic carbocycles. The average Bonchev–Trinajstić information content (AvgIpc) is 2.87. The minimum absolute atomic E-state index is 0.0648. The van der Waals surface area contributed by atoms with Gasteiger partial charge in [-0.05, 0) is 62.2 Å². The van der Waals surface area contributed by atoms with E-state index in [4.69, 9.17) is 4.84 Å². The Hall–Kier alpha value is -2.62. The van der Waals surface area contributed by atoms with Crippen molar-refractivity contribution in [3.05, 3.63) is 70.3 Å². The molecule has 0 aromatic heterocycles. The van der Waals surface area contributed by atoms with Crippen LogP contribution in [0, 0.1) is 0 Å². The van der Waals surface area contributed by atoms with Gasteiger partial charge in [-0.25, -0.2) is 0 Å². The maximum absolute atomic E-state index is 14.1. The average molecular weight is 677 g/mol. The van der Waals surface area contributed by atoms with Crippen LogP contribution in [0.15, 0.2) is 47.6 Å². The van der Waals surface area contributed by atoms with Crippen LogP contribution in [0.3, 0.4) is 0 Å². The number of halogens is 9. The Labute approximate surface area is 228 Å². The number of nitrogens with zero attached hydrogens (tertiary/aromatic N) is 2. The summed E-state index contributed by atoms with van der Waals surface area (Å²) in [6.07, 6.45) is -8.40. The van der Waals surface area contributed by atoms with Crippen LogP contribution < -0.4 is 5.32 Å². The maximum Gasteiger partial charge on any atom is 0.416 e. The first-order chi connectivity index (χ1) is 18.2. The van der Waals surface area contributed by atoms with Crippen molar-refractivity contribution in [2.75, 3.05) is 19.6 Å². The normalized spacial score (nSPS) is 15.2. The van der Waals surface area contributed by atoms with E-state index in [1.807, 2.05) is 0 Å². The van der Waals surface area contributed by atoms with Crippen LogP contribution in [-0.2, 0) is 39.1 Å². The highest BCUT2D eigenvalue weighted by Gasteiger charge is 2.36. The number of benzene rings is 2. The van der Waals surface area contributed by atoms with E-state index in [2.05, 4.69) is 15.0 Å². The molecule has 0 radical (unpaired) electrons. The monoisotopic (exact) mass is 677 g/mol. The summed E-state index contributed by atoms with van der Waals surface area (Å²) in [5, 5.41) is 6.44. The molecule has 1 amide bonds. The zero-order chi connectivity index (χ0) is 28.8. The first kappa shape index (κ1) is 30.9. The number of oxime groups is 1. The van der Waals surface area contributed by atoms with Crippen molar-refractivity contribution >= 4 is 36.9 Å². The van der Waals surface area contributed by atoms with E-state index in [9.17, 15) is 39.9 Å². The molecule has 1 saturated heterocycles. The van der Waals surface area contributed by atoms with Gasteiger partial charge < -0.3 is 10.2 Å². The van der Waals surface area contributed by atoms with Crippen LogP contribution >= 0.6 is 20.7 Å². The zero-order valence-corrected chi connectivity index (χ0v) is 22.5. The molecule has 2 aromatic rings. The maximum atomic E-state index is 14.1.